The molecule has 0 amide bonds. The van der Waals surface area contributed by atoms with E-state index in [9.17, 15) is 4.79 Å². The summed E-state index contributed by atoms with van der Waals surface area (Å²) < 4.78 is 11.8. The van der Waals surface area contributed by atoms with Crippen LogP contribution in [-0.2, 0) is 14.3 Å². The lowest BCUT2D eigenvalue weighted by Crippen LogP contribution is -2.17. The van der Waals surface area contributed by atoms with Crippen LogP contribution in [0.2, 0.25) is 0 Å². The smallest absolute Gasteiger partial charge is 0.330 e. The number of benzene rings is 1. The molecule has 118 valence electrons. The van der Waals surface area contributed by atoms with Gasteiger partial charge in [-0.15, -0.1) is 11.3 Å². The fourth-order valence-corrected chi connectivity index (χ4v) is 2.90. The Hall–Kier alpha value is -1.92. The molecule has 0 saturated carbocycles. The average Bonchev–Trinajstić information content (AvgIpc) is 3.23. The minimum absolute atomic E-state index is 0.160. The zero-order chi connectivity index (χ0) is 16.1. The van der Waals surface area contributed by atoms with Crippen molar-refractivity contribution in [3.05, 3.63) is 62.8 Å². The molecule has 0 radical (unpaired) electrons. The number of hydrogen-bond acceptors (Lipinski definition) is 5. The highest BCUT2D eigenvalue weighted by molar-refractivity contribution is 9.10. The van der Waals surface area contributed by atoms with E-state index in [1.807, 2.05) is 41.8 Å². The van der Waals surface area contributed by atoms with E-state index in [2.05, 4.69) is 20.9 Å². The highest BCUT2D eigenvalue weighted by atomic mass is 79.9. The van der Waals surface area contributed by atoms with Crippen molar-refractivity contribution in [2.45, 2.75) is 6.04 Å². The molecule has 1 aromatic heterocycles. The summed E-state index contributed by atoms with van der Waals surface area (Å²) in [5.41, 5.74) is 0.916. The van der Waals surface area contributed by atoms with E-state index < -0.39 is 0 Å². The second-order valence-electron chi connectivity index (χ2n) is 4.88. The first kappa shape index (κ1) is 16.0. The van der Waals surface area contributed by atoms with Crippen LogP contribution in [0.25, 0.3) is 6.08 Å². The van der Waals surface area contributed by atoms with Gasteiger partial charge in [0.05, 0.1) is 0 Å². The summed E-state index contributed by atoms with van der Waals surface area (Å²) in [5, 5.41) is 1.96. The van der Waals surface area contributed by atoms with Crippen molar-refractivity contribution < 1.29 is 14.3 Å². The molecule has 0 saturated heterocycles. The summed E-state index contributed by atoms with van der Waals surface area (Å²) >= 11 is 4.96. The zero-order valence-corrected chi connectivity index (χ0v) is 14.5. The molecule has 3 rings (SSSR count). The van der Waals surface area contributed by atoms with E-state index in [1.165, 1.54) is 6.08 Å². The van der Waals surface area contributed by atoms with Crippen LogP contribution in [-0.4, -0.2) is 31.1 Å². The Bertz CT molecular complexity index is 723. The highest BCUT2D eigenvalue weighted by Gasteiger charge is 2.21. The van der Waals surface area contributed by atoms with Crippen LogP contribution in [0.1, 0.15) is 10.4 Å². The fraction of sp³-hybridized carbons (Fsp3) is 0.176. The van der Waals surface area contributed by atoms with Crippen molar-refractivity contribution in [3.8, 4) is 0 Å². The lowest BCUT2D eigenvalue weighted by atomic mass is 10.2. The Kier molecular flexibility index (Phi) is 5.25. The van der Waals surface area contributed by atoms with Gasteiger partial charge in [-0.1, -0.05) is 22.0 Å². The molecule has 1 aromatic carbocycles. The molecule has 23 heavy (non-hydrogen) atoms. The van der Waals surface area contributed by atoms with Crippen molar-refractivity contribution >= 4 is 45.2 Å². The van der Waals surface area contributed by atoms with Gasteiger partial charge in [0.2, 0.25) is 5.90 Å². The van der Waals surface area contributed by atoms with Crippen molar-refractivity contribution in [2.24, 2.45) is 4.99 Å². The van der Waals surface area contributed by atoms with Gasteiger partial charge in [-0.25, -0.2) is 9.79 Å². The summed E-state index contributed by atoms with van der Waals surface area (Å²) in [6.07, 6.45) is 3.18. The molecule has 0 bridgehead atoms. The molecule has 0 aliphatic carbocycles. The van der Waals surface area contributed by atoms with Gasteiger partial charge < -0.3 is 9.47 Å². The van der Waals surface area contributed by atoms with Crippen molar-refractivity contribution in [1.82, 2.24) is 0 Å². The number of hydrogen-bond donors (Lipinski definition) is 0. The molecule has 0 spiro atoms. The number of halogens is 1. The first-order valence-electron chi connectivity index (χ1n) is 7.05. The van der Waals surface area contributed by atoms with Crippen LogP contribution in [0, 0.1) is 0 Å². The minimum Gasteiger partial charge on any atom is -0.475 e. The van der Waals surface area contributed by atoms with E-state index in [-0.39, 0.29) is 18.6 Å². The maximum absolute atomic E-state index is 11.7. The third kappa shape index (κ3) is 4.53. The average molecular weight is 392 g/mol. The van der Waals surface area contributed by atoms with Gasteiger partial charge in [0.15, 0.2) is 0 Å². The summed E-state index contributed by atoms with van der Waals surface area (Å²) in [6, 6.07) is 11.4. The zero-order valence-electron chi connectivity index (χ0n) is 12.1. The van der Waals surface area contributed by atoms with Gasteiger partial charge in [-0.3, -0.25) is 0 Å². The number of nitrogens with zero attached hydrogens (tertiary/aromatic N) is 1. The van der Waals surface area contributed by atoms with Crippen LogP contribution >= 0.6 is 27.3 Å². The van der Waals surface area contributed by atoms with Crippen LogP contribution in [0.5, 0.6) is 0 Å². The summed E-state index contributed by atoms with van der Waals surface area (Å²) in [4.78, 5) is 17.2. The summed E-state index contributed by atoms with van der Waals surface area (Å²) in [6.45, 7) is 0.640. The number of rotatable bonds is 5. The normalized spacial score (nSPS) is 17.1. The van der Waals surface area contributed by atoms with E-state index in [4.69, 9.17) is 9.47 Å². The maximum atomic E-state index is 11.7. The van der Waals surface area contributed by atoms with Gasteiger partial charge >= 0.3 is 5.97 Å². The number of esters is 1. The number of carbonyl (C=O) groups excluding carboxylic acids is 1. The molecule has 1 atom stereocenters. The number of aliphatic imine (C=N–C) groups is 1. The number of carbonyl (C=O) groups is 1. The topological polar surface area (TPSA) is 47.9 Å². The van der Waals surface area contributed by atoms with Crippen LogP contribution in [0.3, 0.4) is 0 Å². The molecule has 1 aliphatic rings. The molecular weight excluding hydrogens is 378 g/mol. The van der Waals surface area contributed by atoms with Gasteiger partial charge in [0.1, 0.15) is 19.3 Å². The lowest BCUT2D eigenvalue weighted by Gasteiger charge is -2.04. The number of ether oxygens (including phenoxy) is 2. The van der Waals surface area contributed by atoms with Crippen LogP contribution < -0.4 is 0 Å². The lowest BCUT2D eigenvalue weighted by molar-refractivity contribution is -0.138. The fourth-order valence-electron chi connectivity index (χ4n) is 2.01. The van der Waals surface area contributed by atoms with E-state index >= 15 is 0 Å². The van der Waals surface area contributed by atoms with E-state index in [0.717, 1.165) is 14.9 Å². The molecule has 0 N–H and O–H groups in total. The molecule has 4 nitrogen and oxygen atoms in total. The summed E-state index contributed by atoms with van der Waals surface area (Å²) in [5.74, 6) is 0.221. The van der Waals surface area contributed by atoms with Crippen LogP contribution in [0.4, 0.5) is 0 Å². The Morgan fingerprint density at radius 1 is 1.39 bits per heavy atom. The number of thiophene rings is 1. The third-order valence-electron chi connectivity index (χ3n) is 3.15. The molecule has 2 aromatic rings. The van der Waals surface area contributed by atoms with Gasteiger partial charge in [0, 0.05) is 21.0 Å². The van der Waals surface area contributed by atoms with Crippen molar-refractivity contribution in [3.63, 3.8) is 0 Å². The Balaban J connectivity index is 1.51. The predicted molar refractivity (Wildman–Crippen MR) is 94.7 cm³/mol. The van der Waals surface area contributed by atoms with Gasteiger partial charge in [-0.05, 0) is 41.8 Å². The molecule has 0 fully saturated rings. The largest absolute Gasteiger partial charge is 0.475 e. The molecule has 6 heteroatoms. The van der Waals surface area contributed by atoms with Gasteiger partial charge in [0.25, 0.3) is 0 Å². The molecule has 1 aliphatic heterocycles. The maximum Gasteiger partial charge on any atom is 0.330 e. The molecule has 2 heterocycles. The highest BCUT2D eigenvalue weighted by Crippen LogP contribution is 2.16. The van der Waals surface area contributed by atoms with Gasteiger partial charge in [-0.2, -0.15) is 0 Å². The van der Waals surface area contributed by atoms with Crippen molar-refractivity contribution in [2.75, 3.05) is 13.2 Å². The Labute approximate surface area is 146 Å². The minimum atomic E-state index is -0.370. The third-order valence-corrected chi connectivity index (χ3v) is 4.51. The Morgan fingerprint density at radius 2 is 2.22 bits per heavy atom. The van der Waals surface area contributed by atoms with E-state index in [1.54, 1.807) is 17.4 Å². The van der Waals surface area contributed by atoms with Crippen molar-refractivity contribution in [1.29, 1.82) is 0 Å². The first-order valence-corrected chi connectivity index (χ1v) is 8.73. The first-order chi connectivity index (χ1) is 11.2. The SMILES string of the molecule is O=C(C=Cc1cccs1)OCC1COC(c2ccc(Br)cc2)=N1. The second kappa shape index (κ2) is 7.57. The van der Waals surface area contributed by atoms with Crippen LogP contribution in [0.15, 0.2) is 57.3 Å². The standard InChI is InChI=1S/C17H14BrNO3S/c18-13-5-3-12(4-6-13)17-19-14(11-22-17)10-21-16(20)8-7-15-2-1-9-23-15/h1-9,14H,10-11H2. The molecular formula is C17H14BrNO3S. The Morgan fingerprint density at radius 3 is 2.96 bits per heavy atom. The predicted octanol–water partition coefficient (Wildman–Crippen LogP) is 3.91. The molecule has 1 unspecified atom stereocenters. The monoisotopic (exact) mass is 391 g/mol. The summed E-state index contributed by atoms with van der Waals surface area (Å²) in [7, 11) is 0. The second-order valence-corrected chi connectivity index (χ2v) is 6.78. The van der Waals surface area contributed by atoms with E-state index in [0.29, 0.717) is 12.5 Å². The quantitative estimate of drug-likeness (QED) is 0.573.